The summed E-state index contributed by atoms with van der Waals surface area (Å²) in [4.78, 5) is 0. The third-order valence-electron chi connectivity index (χ3n) is 3.18. The van der Waals surface area contributed by atoms with E-state index in [1.807, 2.05) is 24.3 Å². The molecule has 2 N–H and O–H groups in total. The van der Waals surface area contributed by atoms with E-state index in [0.717, 1.165) is 19.3 Å². The Bertz CT molecular complexity index is 591. The summed E-state index contributed by atoms with van der Waals surface area (Å²) in [5.41, 5.74) is 0.771. The quantitative estimate of drug-likeness (QED) is 0.583. The Balaban J connectivity index is 2.68. The van der Waals surface area contributed by atoms with Crippen molar-refractivity contribution in [3.8, 4) is 23.6 Å². The number of benzene rings is 1. The highest BCUT2D eigenvalue weighted by Crippen LogP contribution is 2.40. The Hall–Kier alpha value is -2.46. The normalized spacial score (nSPS) is 18.0. The fourth-order valence-electron chi connectivity index (χ4n) is 2.32. The summed E-state index contributed by atoms with van der Waals surface area (Å²) < 4.78 is 0. The van der Waals surface area contributed by atoms with E-state index in [9.17, 15) is 10.2 Å². The molecule has 0 bridgehead atoms. The van der Waals surface area contributed by atoms with Crippen LogP contribution in [0.25, 0.3) is 0 Å². The van der Waals surface area contributed by atoms with Gasteiger partial charge in [-0.3, -0.25) is 0 Å². The zero-order valence-corrected chi connectivity index (χ0v) is 9.72. The van der Waals surface area contributed by atoms with Crippen molar-refractivity contribution in [1.29, 1.82) is 10.5 Å². The second-order valence-electron chi connectivity index (χ2n) is 4.27. The van der Waals surface area contributed by atoms with Gasteiger partial charge in [-0.15, -0.1) is 0 Å². The minimum atomic E-state index is -0.439. The molecule has 18 heavy (non-hydrogen) atoms. The highest BCUT2D eigenvalue weighted by Gasteiger charge is 2.23. The summed E-state index contributed by atoms with van der Waals surface area (Å²) in [6.45, 7) is 0. The molecule has 0 spiro atoms. The molecule has 0 aliphatic heterocycles. The number of phenolic OH excluding ortho intramolecular Hbond substituents is 2. The predicted molar refractivity (Wildman–Crippen MR) is 64.9 cm³/mol. The number of rotatable bonds is 1. The molecule has 0 heterocycles. The molecular weight excluding hydrogens is 228 g/mol. The number of nitriles is 2. The van der Waals surface area contributed by atoms with Crippen LogP contribution in [0.3, 0.4) is 0 Å². The molecule has 1 aromatic rings. The topological polar surface area (TPSA) is 88.0 Å². The molecule has 4 heteroatoms. The van der Waals surface area contributed by atoms with E-state index >= 15 is 0 Å². The number of allylic oxidation sites excluding steroid dienone is 2. The lowest BCUT2D eigenvalue weighted by atomic mass is 9.83. The summed E-state index contributed by atoms with van der Waals surface area (Å²) in [5, 5.41) is 37.4. The first-order valence-electron chi connectivity index (χ1n) is 5.74. The van der Waals surface area contributed by atoms with Gasteiger partial charge in [0.05, 0.1) is 11.6 Å². The zero-order chi connectivity index (χ0) is 13.1. The largest absolute Gasteiger partial charge is 0.504 e. The van der Waals surface area contributed by atoms with Crippen molar-refractivity contribution in [2.24, 2.45) is 0 Å². The van der Waals surface area contributed by atoms with Crippen LogP contribution in [0.1, 0.15) is 41.9 Å². The van der Waals surface area contributed by atoms with E-state index in [1.165, 1.54) is 6.07 Å². The number of nitrogens with zero attached hydrogens (tertiary/aromatic N) is 2. The van der Waals surface area contributed by atoms with Gasteiger partial charge in [0, 0.05) is 12.0 Å². The van der Waals surface area contributed by atoms with Gasteiger partial charge in [-0.2, -0.15) is 10.5 Å². The van der Waals surface area contributed by atoms with Crippen molar-refractivity contribution in [2.75, 3.05) is 0 Å². The first-order valence-corrected chi connectivity index (χ1v) is 5.74. The second-order valence-corrected chi connectivity index (χ2v) is 4.27. The van der Waals surface area contributed by atoms with E-state index in [-0.39, 0.29) is 17.0 Å². The Morgan fingerprint density at radius 2 is 2.00 bits per heavy atom. The molecular formula is C14H12N2O2. The van der Waals surface area contributed by atoms with Crippen LogP contribution in [0.5, 0.6) is 11.5 Å². The van der Waals surface area contributed by atoms with Crippen LogP contribution in [-0.4, -0.2) is 10.2 Å². The maximum absolute atomic E-state index is 9.72. The van der Waals surface area contributed by atoms with Gasteiger partial charge in [0.1, 0.15) is 11.6 Å². The van der Waals surface area contributed by atoms with Crippen LogP contribution in [0.15, 0.2) is 18.2 Å². The summed E-state index contributed by atoms with van der Waals surface area (Å²) in [6.07, 6.45) is 6.78. The van der Waals surface area contributed by atoms with Gasteiger partial charge in [0.15, 0.2) is 11.5 Å². The highest BCUT2D eigenvalue weighted by atomic mass is 16.3. The molecule has 1 aliphatic rings. The van der Waals surface area contributed by atoms with Gasteiger partial charge in [0.25, 0.3) is 0 Å². The lowest BCUT2D eigenvalue weighted by molar-refractivity contribution is 0.401. The van der Waals surface area contributed by atoms with E-state index in [0.29, 0.717) is 5.56 Å². The molecule has 0 aromatic heterocycles. The fourth-order valence-corrected chi connectivity index (χ4v) is 2.32. The Morgan fingerprint density at radius 1 is 1.22 bits per heavy atom. The fraction of sp³-hybridized carbons (Fsp3) is 0.286. The molecule has 0 saturated heterocycles. The molecule has 1 aliphatic carbocycles. The van der Waals surface area contributed by atoms with Crippen molar-refractivity contribution in [1.82, 2.24) is 0 Å². The standard InChI is InChI=1S/C14H12N2O2/c15-7-10-6-12(17)14(18)11(8-16)13(10)9-4-2-1-3-5-9/h2,4,6,9,17-18H,1,3,5H2. The van der Waals surface area contributed by atoms with Gasteiger partial charge in [-0.05, 0) is 24.8 Å². The summed E-state index contributed by atoms with van der Waals surface area (Å²) in [6, 6.07) is 5.08. The number of hydrogen-bond acceptors (Lipinski definition) is 4. The van der Waals surface area contributed by atoms with Gasteiger partial charge in [0.2, 0.25) is 0 Å². The maximum Gasteiger partial charge on any atom is 0.175 e. The molecule has 90 valence electrons. The highest BCUT2D eigenvalue weighted by molar-refractivity contribution is 5.63. The van der Waals surface area contributed by atoms with Gasteiger partial charge in [-0.1, -0.05) is 12.2 Å². The van der Waals surface area contributed by atoms with Crippen LogP contribution in [0.2, 0.25) is 0 Å². The minimum Gasteiger partial charge on any atom is -0.504 e. The van der Waals surface area contributed by atoms with Crippen molar-refractivity contribution in [3.63, 3.8) is 0 Å². The molecule has 2 rings (SSSR count). The first-order chi connectivity index (χ1) is 8.69. The minimum absolute atomic E-state index is 0.00287. The molecule has 0 radical (unpaired) electrons. The van der Waals surface area contributed by atoms with Crippen LogP contribution in [0.4, 0.5) is 0 Å². The SMILES string of the molecule is N#Cc1cc(O)c(O)c(C#N)c1C1C=CCCC1. The Morgan fingerprint density at radius 3 is 2.56 bits per heavy atom. The molecule has 0 fully saturated rings. The maximum atomic E-state index is 9.72. The lowest BCUT2D eigenvalue weighted by Crippen LogP contribution is -2.05. The number of aromatic hydroxyl groups is 2. The second kappa shape index (κ2) is 4.81. The summed E-state index contributed by atoms with van der Waals surface area (Å²) >= 11 is 0. The van der Waals surface area contributed by atoms with Crippen LogP contribution < -0.4 is 0 Å². The average Bonchev–Trinajstić information content (AvgIpc) is 2.42. The Labute approximate surface area is 105 Å². The van der Waals surface area contributed by atoms with Crippen molar-refractivity contribution >= 4 is 0 Å². The monoisotopic (exact) mass is 240 g/mol. The van der Waals surface area contributed by atoms with E-state index < -0.39 is 11.5 Å². The third-order valence-corrected chi connectivity index (χ3v) is 3.18. The van der Waals surface area contributed by atoms with Crippen LogP contribution >= 0.6 is 0 Å². The zero-order valence-electron chi connectivity index (χ0n) is 9.72. The van der Waals surface area contributed by atoms with E-state index in [4.69, 9.17) is 10.5 Å². The van der Waals surface area contributed by atoms with Crippen LogP contribution in [0, 0.1) is 22.7 Å². The predicted octanol–water partition coefficient (Wildman–Crippen LogP) is 2.66. The summed E-state index contributed by atoms with van der Waals surface area (Å²) in [7, 11) is 0. The molecule has 4 nitrogen and oxygen atoms in total. The van der Waals surface area contributed by atoms with Crippen LogP contribution in [-0.2, 0) is 0 Å². The van der Waals surface area contributed by atoms with Gasteiger partial charge >= 0.3 is 0 Å². The molecule has 0 saturated carbocycles. The first kappa shape index (κ1) is 12.0. The van der Waals surface area contributed by atoms with E-state index in [1.54, 1.807) is 0 Å². The average molecular weight is 240 g/mol. The van der Waals surface area contributed by atoms with E-state index in [2.05, 4.69) is 0 Å². The van der Waals surface area contributed by atoms with Crippen molar-refractivity contribution < 1.29 is 10.2 Å². The lowest BCUT2D eigenvalue weighted by Gasteiger charge is -2.20. The third kappa shape index (κ3) is 1.89. The van der Waals surface area contributed by atoms with Gasteiger partial charge < -0.3 is 10.2 Å². The number of hydrogen-bond donors (Lipinski definition) is 2. The van der Waals surface area contributed by atoms with Crippen molar-refractivity contribution in [2.45, 2.75) is 25.2 Å². The molecule has 1 aromatic carbocycles. The van der Waals surface area contributed by atoms with Crippen molar-refractivity contribution in [3.05, 3.63) is 34.9 Å². The summed E-state index contributed by atoms with van der Waals surface area (Å²) in [5.74, 6) is -0.910. The van der Waals surface area contributed by atoms with Gasteiger partial charge in [-0.25, -0.2) is 0 Å². The molecule has 0 amide bonds. The Kier molecular flexibility index (Phi) is 3.21. The molecule has 1 atom stereocenters. The molecule has 1 unspecified atom stereocenters. The smallest absolute Gasteiger partial charge is 0.175 e. The number of phenols is 2.